The van der Waals surface area contributed by atoms with Crippen molar-refractivity contribution in [2.45, 2.75) is 13.0 Å². The van der Waals surface area contributed by atoms with Crippen LogP contribution in [-0.2, 0) is 17.8 Å². The van der Waals surface area contributed by atoms with Gasteiger partial charge in [-0.25, -0.2) is 8.78 Å². The quantitative estimate of drug-likeness (QED) is 0.710. The molecular formula is C18H18F2N2O3. The first kappa shape index (κ1) is 18.5. The molecule has 0 saturated heterocycles. The third-order valence-electron chi connectivity index (χ3n) is 3.53. The number of halogens is 2. The van der Waals surface area contributed by atoms with Gasteiger partial charge in [-0.2, -0.15) is 0 Å². The highest BCUT2D eigenvalue weighted by Gasteiger charge is 2.13. The number of hydrogen-bond acceptors (Lipinski definition) is 3. The van der Waals surface area contributed by atoms with E-state index in [4.69, 9.17) is 5.11 Å². The van der Waals surface area contributed by atoms with Crippen LogP contribution in [-0.4, -0.2) is 30.0 Å². The summed E-state index contributed by atoms with van der Waals surface area (Å²) in [5.41, 5.74) is 1.48. The number of carbonyl (C=O) groups is 2. The molecule has 0 aromatic heterocycles. The van der Waals surface area contributed by atoms with Crippen LogP contribution < -0.4 is 10.6 Å². The maximum absolute atomic E-state index is 13.5. The Bertz CT molecular complexity index is 748. The molecule has 2 rings (SSSR count). The molecule has 2 aromatic rings. The van der Waals surface area contributed by atoms with Gasteiger partial charge in [-0.3, -0.25) is 9.59 Å². The summed E-state index contributed by atoms with van der Waals surface area (Å²) in [6, 6.07) is 9.92. The summed E-state index contributed by atoms with van der Waals surface area (Å²) in [4.78, 5) is 23.5. The average molecular weight is 348 g/mol. The molecule has 0 aliphatic heterocycles. The van der Waals surface area contributed by atoms with Gasteiger partial charge in [0.15, 0.2) is 0 Å². The molecule has 7 heteroatoms. The predicted molar refractivity (Wildman–Crippen MR) is 87.8 cm³/mol. The maximum Gasteiger partial charge on any atom is 0.254 e. The minimum atomic E-state index is -0.982. The standard InChI is InChI=1S/C18H18F2N2O3/c19-14-5-6-15(16(20)9-14)18(25)22-10-17(24)21-8-7-12-1-3-13(11-23)4-2-12/h1-6,9,23H,7-8,10-11H2,(H,21,24)(H,22,25). The molecule has 0 atom stereocenters. The zero-order valence-corrected chi connectivity index (χ0v) is 13.4. The van der Waals surface area contributed by atoms with Crippen LogP contribution >= 0.6 is 0 Å². The smallest absolute Gasteiger partial charge is 0.254 e. The Balaban J connectivity index is 1.73. The number of hydrogen-bond donors (Lipinski definition) is 3. The molecule has 5 nitrogen and oxygen atoms in total. The second-order valence-electron chi connectivity index (χ2n) is 5.38. The van der Waals surface area contributed by atoms with Gasteiger partial charge in [0.1, 0.15) is 11.6 Å². The van der Waals surface area contributed by atoms with Crippen molar-refractivity contribution in [2.75, 3.05) is 13.1 Å². The van der Waals surface area contributed by atoms with Gasteiger partial charge in [0.25, 0.3) is 5.91 Å². The molecule has 0 aliphatic carbocycles. The fourth-order valence-corrected chi connectivity index (χ4v) is 2.15. The number of benzene rings is 2. The van der Waals surface area contributed by atoms with Gasteiger partial charge >= 0.3 is 0 Å². The number of carbonyl (C=O) groups excluding carboxylic acids is 2. The Morgan fingerprint density at radius 2 is 1.64 bits per heavy atom. The van der Waals surface area contributed by atoms with Crippen molar-refractivity contribution in [1.29, 1.82) is 0 Å². The Morgan fingerprint density at radius 1 is 0.960 bits per heavy atom. The van der Waals surface area contributed by atoms with Gasteiger partial charge in [0, 0.05) is 12.6 Å². The van der Waals surface area contributed by atoms with Crippen molar-refractivity contribution in [1.82, 2.24) is 10.6 Å². The largest absolute Gasteiger partial charge is 0.392 e. The van der Waals surface area contributed by atoms with E-state index in [2.05, 4.69) is 10.6 Å². The van der Waals surface area contributed by atoms with E-state index in [-0.39, 0.29) is 18.7 Å². The van der Waals surface area contributed by atoms with Crippen molar-refractivity contribution in [2.24, 2.45) is 0 Å². The number of rotatable bonds is 7. The van der Waals surface area contributed by atoms with Crippen LogP contribution in [0.4, 0.5) is 8.78 Å². The van der Waals surface area contributed by atoms with Crippen LogP contribution in [0, 0.1) is 11.6 Å². The van der Waals surface area contributed by atoms with E-state index in [1.54, 1.807) is 12.1 Å². The first-order chi connectivity index (χ1) is 12.0. The van der Waals surface area contributed by atoms with Crippen LogP contribution in [0.15, 0.2) is 42.5 Å². The summed E-state index contributed by atoms with van der Waals surface area (Å²) in [6.07, 6.45) is 0.595. The topological polar surface area (TPSA) is 78.4 Å². The summed E-state index contributed by atoms with van der Waals surface area (Å²) < 4.78 is 26.3. The van der Waals surface area contributed by atoms with Crippen molar-refractivity contribution in [3.05, 3.63) is 70.8 Å². The van der Waals surface area contributed by atoms with E-state index in [0.717, 1.165) is 23.3 Å². The average Bonchev–Trinajstić information content (AvgIpc) is 2.60. The minimum Gasteiger partial charge on any atom is -0.392 e. The molecule has 132 valence electrons. The molecule has 3 N–H and O–H groups in total. The van der Waals surface area contributed by atoms with E-state index in [0.29, 0.717) is 19.0 Å². The lowest BCUT2D eigenvalue weighted by Gasteiger charge is -2.08. The van der Waals surface area contributed by atoms with Gasteiger partial charge in [-0.05, 0) is 29.7 Å². The lowest BCUT2D eigenvalue weighted by Crippen LogP contribution is -2.38. The Labute approximate surface area is 143 Å². The fourth-order valence-electron chi connectivity index (χ4n) is 2.15. The number of aliphatic hydroxyl groups excluding tert-OH is 1. The van der Waals surface area contributed by atoms with E-state index in [1.807, 2.05) is 12.1 Å². The number of amides is 2. The van der Waals surface area contributed by atoms with Crippen LogP contribution in [0.5, 0.6) is 0 Å². The molecule has 0 spiro atoms. The molecular weight excluding hydrogens is 330 g/mol. The number of aliphatic hydroxyl groups is 1. The van der Waals surface area contributed by atoms with E-state index < -0.39 is 23.4 Å². The molecule has 0 saturated carbocycles. The van der Waals surface area contributed by atoms with E-state index >= 15 is 0 Å². The van der Waals surface area contributed by atoms with Gasteiger partial charge in [-0.15, -0.1) is 0 Å². The second-order valence-corrected chi connectivity index (χ2v) is 5.38. The predicted octanol–water partition coefficient (Wildman–Crippen LogP) is 1.55. The van der Waals surface area contributed by atoms with Gasteiger partial charge in [-0.1, -0.05) is 24.3 Å². The number of nitrogens with one attached hydrogen (secondary N) is 2. The second kappa shape index (κ2) is 8.89. The molecule has 25 heavy (non-hydrogen) atoms. The molecule has 2 amide bonds. The molecule has 2 aromatic carbocycles. The molecule has 0 heterocycles. The molecule has 0 radical (unpaired) electrons. The van der Waals surface area contributed by atoms with Gasteiger partial charge in [0.05, 0.1) is 18.7 Å². The molecule has 0 bridgehead atoms. The Hall–Kier alpha value is -2.80. The summed E-state index contributed by atoms with van der Waals surface area (Å²) in [6.45, 7) is 0.0442. The van der Waals surface area contributed by atoms with Crippen molar-refractivity contribution < 1.29 is 23.5 Å². The zero-order valence-electron chi connectivity index (χ0n) is 13.4. The maximum atomic E-state index is 13.5. The van der Waals surface area contributed by atoms with Crippen molar-refractivity contribution in [3.8, 4) is 0 Å². The third kappa shape index (κ3) is 5.65. The van der Waals surface area contributed by atoms with Crippen LogP contribution in [0.3, 0.4) is 0 Å². The zero-order chi connectivity index (χ0) is 18.2. The minimum absolute atomic E-state index is 0.0225. The lowest BCUT2D eigenvalue weighted by atomic mass is 10.1. The summed E-state index contributed by atoms with van der Waals surface area (Å²) in [5.74, 6) is -2.96. The Morgan fingerprint density at radius 3 is 2.28 bits per heavy atom. The Kier molecular flexibility index (Phi) is 6.59. The normalized spacial score (nSPS) is 10.4. The van der Waals surface area contributed by atoms with Crippen LogP contribution in [0.1, 0.15) is 21.5 Å². The first-order valence-electron chi connectivity index (χ1n) is 7.68. The summed E-state index contributed by atoms with van der Waals surface area (Å²) in [5, 5.41) is 13.9. The monoisotopic (exact) mass is 348 g/mol. The molecule has 0 fully saturated rings. The van der Waals surface area contributed by atoms with E-state index in [9.17, 15) is 18.4 Å². The highest BCUT2D eigenvalue weighted by molar-refractivity contribution is 5.96. The van der Waals surface area contributed by atoms with Gasteiger partial charge < -0.3 is 15.7 Å². The van der Waals surface area contributed by atoms with Crippen molar-refractivity contribution in [3.63, 3.8) is 0 Å². The molecule has 0 unspecified atom stereocenters. The van der Waals surface area contributed by atoms with Crippen molar-refractivity contribution >= 4 is 11.8 Å². The van der Waals surface area contributed by atoms with Gasteiger partial charge in [0.2, 0.25) is 5.91 Å². The lowest BCUT2D eigenvalue weighted by molar-refractivity contribution is -0.120. The SMILES string of the molecule is O=C(CNC(=O)c1ccc(F)cc1F)NCCc1ccc(CO)cc1. The highest BCUT2D eigenvalue weighted by Crippen LogP contribution is 2.09. The fraction of sp³-hybridized carbons (Fsp3) is 0.222. The molecule has 0 aliphatic rings. The highest BCUT2D eigenvalue weighted by atomic mass is 19.1. The van der Waals surface area contributed by atoms with E-state index in [1.165, 1.54) is 0 Å². The van der Waals surface area contributed by atoms with Crippen LogP contribution in [0.2, 0.25) is 0 Å². The summed E-state index contributed by atoms with van der Waals surface area (Å²) in [7, 11) is 0. The first-order valence-corrected chi connectivity index (χ1v) is 7.68. The third-order valence-corrected chi connectivity index (χ3v) is 3.53. The summed E-state index contributed by atoms with van der Waals surface area (Å²) >= 11 is 0. The van der Waals surface area contributed by atoms with Crippen LogP contribution in [0.25, 0.3) is 0 Å².